The van der Waals surface area contributed by atoms with E-state index in [2.05, 4.69) is 0 Å². The first-order valence-corrected chi connectivity index (χ1v) is 10.8. The molecule has 180 valence electrons. The summed E-state index contributed by atoms with van der Waals surface area (Å²) >= 11 is 6.31. The van der Waals surface area contributed by atoms with Gasteiger partial charge in [-0.05, 0) is 48.0 Å². The van der Waals surface area contributed by atoms with Gasteiger partial charge in [0.2, 0.25) is 0 Å². The lowest BCUT2D eigenvalue weighted by Crippen LogP contribution is -2.29. The van der Waals surface area contributed by atoms with E-state index in [-0.39, 0.29) is 33.4 Å². The van der Waals surface area contributed by atoms with Crippen LogP contribution >= 0.6 is 11.6 Å². The van der Waals surface area contributed by atoms with Crippen molar-refractivity contribution in [1.82, 2.24) is 0 Å². The smallest absolute Gasteiger partial charge is 0.300 e. The summed E-state index contributed by atoms with van der Waals surface area (Å²) < 4.78 is 16.0. The highest BCUT2D eigenvalue weighted by Crippen LogP contribution is 2.46. The van der Waals surface area contributed by atoms with Crippen molar-refractivity contribution in [1.29, 1.82) is 0 Å². The quantitative estimate of drug-likeness (QED) is 0.290. The van der Waals surface area contributed by atoms with Crippen LogP contribution in [0.5, 0.6) is 23.0 Å². The molecule has 0 spiro atoms. The summed E-state index contributed by atoms with van der Waals surface area (Å²) in [6.07, 6.45) is 0. The average Bonchev–Trinajstić information content (AvgIpc) is 3.13. The molecule has 1 aliphatic heterocycles. The number of ketones is 1. The van der Waals surface area contributed by atoms with E-state index in [1.165, 1.54) is 44.4 Å². The fourth-order valence-electron chi connectivity index (χ4n) is 4.10. The Morgan fingerprint density at radius 1 is 0.886 bits per heavy atom. The molecule has 1 fully saturated rings. The summed E-state index contributed by atoms with van der Waals surface area (Å²) in [4.78, 5) is 27.9. The Morgan fingerprint density at radius 2 is 1.49 bits per heavy atom. The van der Waals surface area contributed by atoms with Gasteiger partial charge in [0.25, 0.3) is 11.7 Å². The fourth-order valence-corrected chi connectivity index (χ4v) is 4.35. The molecule has 4 rings (SSSR count). The molecule has 8 nitrogen and oxygen atoms in total. The van der Waals surface area contributed by atoms with E-state index >= 15 is 0 Å². The van der Waals surface area contributed by atoms with Crippen LogP contribution < -0.4 is 19.1 Å². The van der Waals surface area contributed by atoms with E-state index in [9.17, 15) is 19.8 Å². The van der Waals surface area contributed by atoms with Crippen molar-refractivity contribution in [3.05, 3.63) is 82.4 Å². The number of anilines is 1. The van der Waals surface area contributed by atoms with Gasteiger partial charge in [0, 0.05) is 5.69 Å². The number of aliphatic hydroxyl groups excluding tert-OH is 1. The number of phenols is 1. The first kappa shape index (κ1) is 24.0. The lowest BCUT2D eigenvalue weighted by molar-refractivity contribution is -0.132. The van der Waals surface area contributed by atoms with E-state index in [1.54, 1.807) is 42.5 Å². The number of benzene rings is 3. The van der Waals surface area contributed by atoms with Crippen molar-refractivity contribution in [2.24, 2.45) is 0 Å². The number of carbonyl (C=O) groups is 2. The standard InChI is InChI=1S/C26H22ClNO7/c1-33-18-12-9-15(13-17(18)27)28-23(14-7-10-16(29)11-8-14)22(25(31)26(28)32)24(30)21-19(34-2)5-4-6-20(21)35-3/h4-13,23,29-30H,1-3H3/b24-22+. The summed E-state index contributed by atoms with van der Waals surface area (Å²) in [6, 6.07) is 14.5. The summed E-state index contributed by atoms with van der Waals surface area (Å²) in [5.41, 5.74) is 0.758. The topological polar surface area (TPSA) is 106 Å². The molecule has 2 N–H and O–H groups in total. The second-order valence-electron chi connectivity index (χ2n) is 7.62. The summed E-state index contributed by atoms with van der Waals surface area (Å²) in [5.74, 6) is -1.32. The number of phenolic OH excluding ortho intramolecular Hbond substituents is 1. The second-order valence-corrected chi connectivity index (χ2v) is 8.02. The molecule has 3 aromatic carbocycles. The van der Waals surface area contributed by atoms with E-state index in [0.29, 0.717) is 17.0 Å². The van der Waals surface area contributed by atoms with Crippen molar-refractivity contribution in [2.45, 2.75) is 6.04 Å². The zero-order valence-electron chi connectivity index (χ0n) is 19.1. The van der Waals surface area contributed by atoms with Crippen LogP contribution in [-0.4, -0.2) is 43.2 Å². The maximum Gasteiger partial charge on any atom is 0.300 e. The third kappa shape index (κ3) is 4.13. The number of halogens is 1. The minimum atomic E-state index is -1.03. The fraction of sp³-hybridized carbons (Fsp3) is 0.154. The van der Waals surface area contributed by atoms with E-state index in [0.717, 1.165) is 0 Å². The Morgan fingerprint density at radius 3 is 2.03 bits per heavy atom. The Bertz CT molecular complexity index is 1310. The van der Waals surface area contributed by atoms with Crippen LogP contribution in [0.1, 0.15) is 17.2 Å². The van der Waals surface area contributed by atoms with Gasteiger partial charge >= 0.3 is 0 Å². The highest BCUT2D eigenvalue weighted by Gasteiger charge is 2.47. The number of hydrogen-bond acceptors (Lipinski definition) is 7. The number of hydrogen-bond donors (Lipinski definition) is 2. The third-order valence-electron chi connectivity index (χ3n) is 5.73. The van der Waals surface area contributed by atoms with Crippen LogP contribution in [0.25, 0.3) is 5.76 Å². The van der Waals surface area contributed by atoms with Crippen LogP contribution in [-0.2, 0) is 9.59 Å². The first-order valence-electron chi connectivity index (χ1n) is 10.5. The second kappa shape index (κ2) is 9.60. The number of aliphatic hydroxyl groups is 1. The number of nitrogens with zero attached hydrogens (tertiary/aromatic N) is 1. The van der Waals surface area contributed by atoms with Crippen molar-refractivity contribution in [3.63, 3.8) is 0 Å². The largest absolute Gasteiger partial charge is 0.508 e. The molecule has 0 aromatic heterocycles. The molecule has 1 heterocycles. The molecule has 1 unspecified atom stereocenters. The molecule has 1 saturated heterocycles. The molecule has 35 heavy (non-hydrogen) atoms. The van der Waals surface area contributed by atoms with Gasteiger partial charge in [-0.3, -0.25) is 14.5 Å². The number of methoxy groups -OCH3 is 3. The molecular weight excluding hydrogens is 474 g/mol. The van der Waals surface area contributed by atoms with Gasteiger partial charge in [-0.25, -0.2) is 0 Å². The molecule has 1 amide bonds. The minimum Gasteiger partial charge on any atom is -0.508 e. The lowest BCUT2D eigenvalue weighted by Gasteiger charge is -2.26. The van der Waals surface area contributed by atoms with Gasteiger partial charge in [0.1, 0.15) is 34.3 Å². The molecule has 3 aromatic rings. The normalized spacial score (nSPS) is 16.9. The van der Waals surface area contributed by atoms with Gasteiger partial charge in [-0.2, -0.15) is 0 Å². The van der Waals surface area contributed by atoms with Crippen LogP contribution in [0, 0.1) is 0 Å². The van der Waals surface area contributed by atoms with E-state index in [1.807, 2.05) is 0 Å². The Kier molecular flexibility index (Phi) is 6.57. The zero-order valence-corrected chi connectivity index (χ0v) is 19.9. The Balaban J connectivity index is 2.00. The van der Waals surface area contributed by atoms with Crippen molar-refractivity contribution >= 4 is 34.7 Å². The van der Waals surface area contributed by atoms with Crippen molar-refractivity contribution in [3.8, 4) is 23.0 Å². The van der Waals surface area contributed by atoms with E-state index in [4.69, 9.17) is 25.8 Å². The summed E-state index contributed by atoms with van der Waals surface area (Å²) in [5, 5.41) is 21.5. The summed E-state index contributed by atoms with van der Waals surface area (Å²) in [6.45, 7) is 0. The number of ether oxygens (including phenoxy) is 3. The number of Topliss-reactive ketones (excluding diaryl/α,β-unsaturated/α-hetero) is 1. The maximum atomic E-state index is 13.4. The Hall–Kier alpha value is -4.17. The molecule has 0 saturated carbocycles. The van der Waals surface area contributed by atoms with Gasteiger partial charge in [-0.15, -0.1) is 0 Å². The van der Waals surface area contributed by atoms with Crippen molar-refractivity contribution < 1.29 is 34.0 Å². The molecule has 0 aliphatic carbocycles. The van der Waals surface area contributed by atoms with Crippen LogP contribution in [0.2, 0.25) is 5.02 Å². The number of carbonyl (C=O) groups excluding carboxylic acids is 2. The predicted octanol–water partition coefficient (Wildman–Crippen LogP) is 4.70. The molecule has 1 atom stereocenters. The van der Waals surface area contributed by atoms with Crippen molar-refractivity contribution in [2.75, 3.05) is 26.2 Å². The Labute approximate surface area is 206 Å². The zero-order chi connectivity index (χ0) is 25.3. The molecule has 0 radical (unpaired) electrons. The van der Waals surface area contributed by atoms with Gasteiger partial charge in [-0.1, -0.05) is 29.8 Å². The third-order valence-corrected chi connectivity index (χ3v) is 6.03. The lowest BCUT2D eigenvalue weighted by atomic mass is 9.94. The number of aromatic hydroxyl groups is 1. The molecule has 1 aliphatic rings. The van der Waals surface area contributed by atoms with Crippen LogP contribution in [0.3, 0.4) is 0 Å². The number of amides is 1. The van der Waals surface area contributed by atoms with Crippen LogP contribution in [0.15, 0.2) is 66.2 Å². The predicted molar refractivity (Wildman–Crippen MR) is 130 cm³/mol. The van der Waals surface area contributed by atoms with Gasteiger partial charge in [0.05, 0.1) is 38.0 Å². The van der Waals surface area contributed by atoms with E-state index < -0.39 is 23.5 Å². The van der Waals surface area contributed by atoms with Crippen LogP contribution in [0.4, 0.5) is 5.69 Å². The molecular formula is C26H22ClNO7. The minimum absolute atomic E-state index is 0.00425. The highest BCUT2D eigenvalue weighted by molar-refractivity contribution is 6.52. The van der Waals surface area contributed by atoms with Gasteiger partial charge in [0.15, 0.2) is 0 Å². The molecule has 0 bridgehead atoms. The maximum absolute atomic E-state index is 13.4. The number of rotatable bonds is 6. The SMILES string of the molecule is COc1ccc(N2C(=O)C(=O)/C(=C(/O)c3c(OC)cccc3OC)C2c2ccc(O)cc2)cc1Cl. The highest BCUT2D eigenvalue weighted by atomic mass is 35.5. The van der Waals surface area contributed by atoms with Gasteiger partial charge < -0.3 is 24.4 Å². The molecule has 9 heteroatoms. The monoisotopic (exact) mass is 495 g/mol. The first-order chi connectivity index (χ1) is 16.8. The average molecular weight is 496 g/mol. The summed E-state index contributed by atoms with van der Waals surface area (Å²) in [7, 11) is 4.30.